The van der Waals surface area contributed by atoms with Crippen molar-refractivity contribution >= 4 is 12.7 Å². The number of aliphatic hydroxyl groups is 1. The van der Waals surface area contributed by atoms with E-state index in [2.05, 4.69) is 54.3 Å². The van der Waals surface area contributed by atoms with Crippen LogP contribution in [0.2, 0.25) is 0 Å². The molecule has 0 saturated heterocycles. The van der Waals surface area contributed by atoms with Crippen LogP contribution in [0.3, 0.4) is 0 Å². The summed E-state index contributed by atoms with van der Waals surface area (Å²) < 4.78 is 5.10. The van der Waals surface area contributed by atoms with E-state index in [1.54, 1.807) is 0 Å². The summed E-state index contributed by atoms with van der Waals surface area (Å²) in [5.74, 6) is 0.828. The molecule has 31 heavy (non-hydrogen) atoms. The van der Waals surface area contributed by atoms with Crippen molar-refractivity contribution in [1.82, 2.24) is 0 Å². The van der Waals surface area contributed by atoms with E-state index in [4.69, 9.17) is 9.84 Å². The van der Waals surface area contributed by atoms with Crippen molar-refractivity contribution in [2.75, 3.05) is 13.2 Å². The first-order valence-electron chi connectivity index (χ1n) is 11.0. The van der Waals surface area contributed by atoms with E-state index in [0.29, 0.717) is 5.70 Å². The van der Waals surface area contributed by atoms with E-state index >= 15 is 0 Å². The zero-order chi connectivity index (χ0) is 24.5. The topological polar surface area (TPSA) is 54.2 Å². The summed E-state index contributed by atoms with van der Waals surface area (Å²) >= 11 is 0. The van der Waals surface area contributed by atoms with Crippen LogP contribution in [0.4, 0.5) is 0 Å². The molecule has 0 aliphatic heterocycles. The van der Waals surface area contributed by atoms with Gasteiger partial charge in [-0.05, 0) is 82.7 Å². The van der Waals surface area contributed by atoms with E-state index in [0.717, 1.165) is 23.5 Å². The number of rotatable bonds is 9. The zero-order valence-electron chi connectivity index (χ0n) is 21.1. The van der Waals surface area contributed by atoms with Gasteiger partial charge in [0.2, 0.25) is 0 Å². The summed E-state index contributed by atoms with van der Waals surface area (Å²) in [5, 5.41) is 8.65. The maximum Gasteiger partial charge on any atom is 0.316 e. The Morgan fingerprint density at radius 2 is 1.81 bits per heavy atom. The quantitative estimate of drug-likeness (QED) is 0.180. The molecule has 0 rings (SSSR count). The second kappa shape index (κ2) is 25.4. The van der Waals surface area contributed by atoms with Crippen molar-refractivity contribution in [2.45, 2.75) is 74.7 Å². The molecule has 0 heterocycles. The fourth-order valence-corrected chi connectivity index (χ4v) is 1.68. The molecule has 0 aromatic heterocycles. The van der Waals surface area contributed by atoms with E-state index < -0.39 is 0 Å². The summed E-state index contributed by atoms with van der Waals surface area (Å²) in [6.07, 6.45) is 11.3. The molecule has 0 aromatic carbocycles. The highest BCUT2D eigenvalue weighted by atomic mass is 16.5. The Morgan fingerprint density at radius 1 is 1.16 bits per heavy atom. The van der Waals surface area contributed by atoms with Crippen LogP contribution in [0.15, 0.2) is 74.9 Å². The van der Waals surface area contributed by atoms with E-state index in [1.807, 2.05) is 65.8 Å². The van der Waals surface area contributed by atoms with Crippen LogP contribution < -0.4 is 0 Å². The van der Waals surface area contributed by atoms with Crippen LogP contribution >= 0.6 is 0 Å². The van der Waals surface area contributed by atoms with Gasteiger partial charge in [0, 0.05) is 0 Å². The molecule has 0 amide bonds. The highest BCUT2D eigenvalue weighted by Gasteiger charge is 2.00. The van der Waals surface area contributed by atoms with Crippen LogP contribution in [-0.2, 0) is 4.74 Å². The third-order valence-electron chi connectivity index (χ3n) is 3.58. The number of hydrogen-bond acceptors (Lipinski definition) is 3. The van der Waals surface area contributed by atoms with Crippen LogP contribution in [0.5, 0.6) is 0 Å². The normalized spacial score (nSPS) is 10.9. The molecule has 1 atom stereocenters. The summed E-state index contributed by atoms with van der Waals surface area (Å²) in [7, 11) is 0. The highest BCUT2D eigenvalue weighted by molar-refractivity contribution is 5.80. The fraction of sp³-hybridized carbons (Fsp3) is 0.519. The monoisotopic (exact) mass is 428 g/mol. The van der Waals surface area contributed by atoms with Crippen LogP contribution in [0.1, 0.15) is 74.7 Å². The molecule has 0 aromatic rings. The van der Waals surface area contributed by atoms with E-state index in [1.165, 1.54) is 12.8 Å². The van der Waals surface area contributed by atoms with Crippen molar-refractivity contribution < 1.29 is 9.84 Å². The average Bonchev–Trinajstić information content (AvgIpc) is 2.77. The van der Waals surface area contributed by atoms with Crippen LogP contribution in [0.25, 0.3) is 0 Å². The standard InChI is InChI=1S/C13H20N2O2.C12H18.C2H6/c1-10(2)6-7-12(11(3)4)15-13(14-5)17-9-8-16;1-4-6-7-8-9-10-11-12(3)5-2;1-2/h6-7,16H,3,5,8-9H2,1-2,4H3;4,9,12H,5,10-11H2,1-3H3;1-2H3/b12-7+,15-13?;;. The maximum absolute atomic E-state index is 8.65. The molecule has 0 fully saturated rings. The average molecular weight is 429 g/mol. The van der Waals surface area contributed by atoms with Crippen molar-refractivity contribution in [3.05, 3.63) is 64.9 Å². The highest BCUT2D eigenvalue weighted by Crippen LogP contribution is 2.11. The Hall–Kier alpha value is -2.60. The van der Waals surface area contributed by atoms with Crippen LogP contribution in [0, 0.1) is 5.92 Å². The summed E-state index contributed by atoms with van der Waals surface area (Å²) in [6.45, 7) is 23.5. The van der Waals surface area contributed by atoms with Gasteiger partial charge in [0.05, 0.1) is 12.3 Å². The van der Waals surface area contributed by atoms with Gasteiger partial charge < -0.3 is 9.84 Å². The molecule has 0 spiro atoms. The number of amidine groups is 1. The summed E-state index contributed by atoms with van der Waals surface area (Å²) in [5.41, 5.74) is 11.2. The predicted molar refractivity (Wildman–Crippen MR) is 138 cm³/mol. The Labute approximate surface area is 191 Å². The Balaban J connectivity index is -0.000000492. The maximum atomic E-state index is 8.65. The van der Waals surface area contributed by atoms with Crippen molar-refractivity contribution in [3.63, 3.8) is 0 Å². The van der Waals surface area contributed by atoms with Gasteiger partial charge in [0.25, 0.3) is 0 Å². The SMILES string of the molecule is C=NC(=N/C(=C/C=C(C)C)C(=C)C)OCCO.CC.CC=C=C=C=CCCC(C)CC. The Morgan fingerprint density at radius 3 is 2.26 bits per heavy atom. The molecule has 0 bridgehead atoms. The summed E-state index contributed by atoms with van der Waals surface area (Å²) in [4.78, 5) is 7.81. The number of hydrogen-bond donors (Lipinski definition) is 1. The molecule has 1 N–H and O–H groups in total. The first kappa shape index (κ1) is 33.0. The van der Waals surface area contributed by atoms with Gasteiger partial charge >= 0.3 is 6.02 Å². The number of ether oxygens (including phenoxy) is 1. The molecule has 0 aliphatic carbocycles. The van der Waals surface area contributed by atoms with E-state index in [9.17, 15) is 0 Å². The first-order chi connectivity index (χ1) is 14.8. The van der Waals surface area contributed by atoms with Gasteiger partial charge in [-0.15, -0.1) is 0 Å². The van der Waals surface area contributed by atoms with Gasteiger partial charge in [-0.2, -0.15) is 4.99 Å². The Bertz CT molecular complexity index is 704. The van der Waals surface area contributed by atoms with Crippen molar-refractivity contribution in [3.8, 4) is 0 Å². The van der Waals surface area contributed by atoms with Crippen molar-refractivity contribution in [2.24, 2.45) is 15.9 Å². The minimum atomic E-state index is -0.0887. The van der Waals surface area contributed by atoms with Gasteiger partial charge in [0.15, 0.2) is 0 Å². The lowest BCUT2D eigenvalue weighted by Gasteiger charge is -2.04. The molecular weight excluding hydrogens is 384 g/mol. The van der Waals surface area contributed by atoms with Crippen molar-refractivity contribution in [1.29, 1.82) is 0 Å². The molecule has 0 radical (unpaired) electrons. The zero-order valence-corrected chi connectivity index (χ0v) is 21.1. The third-order valence-corrected chi connectivity index (χ3v) is 3.58. The molecule has 0 aliphatic rings. The number of aliphatic hydroxyl groups excluding tert-OH is 1. The molecule has 174 valence electrons. The van der Waals surface area contributed by atoms with Gasteiger partial charge in [-0.3, -0.25) is 0 Å². The van der Waals surface area contributed by atoms with Gasteiger partial charge in [-0.25, -0.2) is 4.99 Å². The van der Waals surface area contributed by atoms with Crippen LogP contribution in [-0.4, -0.2) is 31.1 Å². The molecule has 4 heteroatoms. The largest absolute Gasteiger partial charge is 0.461 e. The van der Waals surface area contributed by atoms with Gasteiger partial charge in [0.1, 0.15) is 6.61 Å². The molecule has 4 nitrogen and oxygen atoms in total. The molecular formula is C27H44N2O2. The summed E-state index contributed by atoms with van der Waals surface area (Å²) in [6, 6.07) is 0.135. The molecule has 1 unspecified atom stereocenters. The molecule has 0 saturated carbocycles. The second-order valence-corrected chi connectivity index (χ2v) is 6.70. The Kier molecular flexibility index (Phi) is 27.1. The smallest absolute Gasteiger partial charge is 0.316 e. The minimum Gasteiger partial charge on any atom is -0.461 e. The number of aliphatic imine (C=N–C) groups is 2. The predicted octanol–water partition coefficient (Wildman–Crippen LogP) is 7.36. The lowest BCUT2D eigenvalue weighted by molar-refractivity contribution is 0.192. The number of allylic oxidation sites excluding steroid dienone is 6. The fourth-order valence-electron chi connectivity index (χ4n) is 1.68. The van der Waals surface area contributed by atoms with Gasteiger partial charge in [-0.1, -0.05) is 63.8 Å². The minimum absolute atomic E-state index is 0.0887. The lowest BCUT2D eigenvalue weighted by Crippen LogP contribution is -2.06. The first-order valence-corrected chi connectivity index (χ1v) is 11.0. The second-order valence-electron chi connectivity index (χ2n) is 6.70. The lowest BCUT2D eigenvalue weighted by atomic mass is 10.0. The number of nitrogens with zero attached hydrogens (tertiary/aromatic N) is 2. The van der Waals surface area contributed by atoms with E-state index in [-0.39, 0.29) is 19.2 Å². The third kappa shape index (κ3) is 25.4.